The fraction of sp³-hybridized carbons (Fsp3) is 0.364. The van der Waals surface area contributed by atoms with E-state index < -0.39 is 5.97 Å². The van der Waals surface area contributed by atoms with Crippen molar-refractivity contribution in [2.75, 3.05) is 18.9 Å². The van der Waals surface area contributed by atoms with Gasteiger partial charge < -0.3 is 10.1 Å². The number of esters is 1. The molecular weight excluding hydrogens is 358 g/mol. The molecule has 1 aliphatic carbocycles. The van der Waals surface area contributed by atoms with Crippen molar-refractivity contribution in [1.29, 1.82) is 0 Å². The van der Waals surface area contributed by atoms with Crippen molar-refractivity contribution in [2.24, 2.45) is 0 Å². The first-order valence-electron chi connectivity index (χ1n) is 9.37. The second-order valence-corrected chi connectivity index (χ2v) is 7.95. The van der Waals surface area contributed by atoms with Crippen LogP contribution in [-0.4, -0.2) is 30.8 Å². The number of ether oxygens (including phenoxy) is 1. The molecule has 0 fully saturated rings. The lowest BCUT2D eigenvalue weighted by Gasteiger charge is -2.16. The van der Waals surface area contributed by atoms with Gasteiger partial charge in [-0.1, -0.05) is 23.8 Å². The van der Waals surface area contributed by atoms with E-state index in [2.05, 4.69) is 36.5 Å². The van der Waals surface area contributed by atoms with Crippen LogP contribution in [0, 0.1) is 6.92 Å². The molecule has 27 heavy (non-hydrogen) atoms. The Morgan fingerprint density at radius 1 is 1.04 bits per heavy atom. The number of aryl methyl sites for hydroxylation is 3. The fourth-order valence-corrected chi connectivity index (χ4v) is 3.89. The number of benzene rings is 2. The van der Waals surface area contributed by atoms with E-state index in [0.29, 0.717) is 12.1 Å². The highest BCUT2D eigenvalue weighted by molar-refractivity contribution is 7.99. The molecule has 1 N–H and O–H groups in total. The van der Waals surface area contributed by atoms with Crippen molar-refractivity contribution in [1.82, 2.24) is 5.32 Å². The number of fused-ring (bicyclic) bond motifs is 1. The number of thioether (sulfide) groups is 1. The number of nitrogens with one attached hydrogen (secondary N) is 1. The van der Waals surface area contributed by atoms with Crippen LogP contribution in [0.15, 0.2) is 47.4 Å². The zero-order chi connectivity index (χ0) is 19.1. The summed E-state index contributed by atoms with van der Waals surface area (Å²) < 4.78 is 5.15. The third-order valence-electron chi connectivity index (χ3n) is 4.63. The number of rotatable bonds is 7. The Hall–Kier alpha value is -2.27. The highest BCUT2D eigenvalue weighted by atomic mass is 32.2. The van der Waals surface area contributed by atoms with E-state index in [0.717, 1.165) is 25.0 Å². The molecule has 0 unspecified atom stereocenters. The Morgan fingerprint density at radius 2 is 1.78 bits per heavy atom. The van der Waals surface area contributed by atoms with Crippen LogP contribution in [0.1, 0.15) is 39.9 Å². The smallest absolute Gasteiger partial charge is 0.338 e. The van der Waals surface area contributed by atoms with Crippen molar-refractivity contribution in [2.45, 2.75) is 37.5 Å². The molecule has 3 rings (SSSR count). The summed E-state index contributed by atoms with van der Waals surface area (Å²) in [6, 6.07) is 14.0. The van der Waals surface area contributed by atoms with Crippen LogP contribution in [-0.2, 0) is 22.4 Å². The first kappa shape index (κ1) is 19.5. The molecule has 0 radical (unpaired) electrons. The van der Waals surface area contributed by atoms with Crippen molar-refractivity contribution < 1.29 is 14.3 Å². The minimum Gasteiger partial charge on any atom is -0.452 e. The number of carbonyl (C=O) groups is 2. The second-order valence-electron chi connectivity index (χ2n) is 6.78. The molecule has 1 aliphatic rings. The average Bonchev–Trinajstić information content (AvgIpc) is 2.70. The Kier molecular flexibility index (Phi) is 6.93. The minimum atomic E-state index is -0.437. The van der Waals surface area contributed by atoms with Crippen LogP contribution < -0.4 is 5.32 Å². The molecule has 2 aromatic carbocycles. The Bertz CT molecular complexity index is 802. The number of amides is 1. The summed E-state index contributed by atoms with van der Waals surface area (Å²) in [5, 5.41) is 2.78. The minimum absolute atomic E-state index is 0.245. The first-order valence-corrected chi connectivity index (χ1v) is 10.4. The molecule has 0 heterocycles. The van der Waals surface area contributed by atoms with Gasteiger partial charge in [0.05, 0.1) is 5.56 Å². The Morgan fingerprint density at radius 3 is 2.56 bits per heavy atom. The van der Waals surface area contributed by atoms with Crippen LogP contribution in [0.25, 0.3) is 0 Å². The summed E-state index contributed by atoms with van der Waals surface area (Å²) in [6.45, 7) is 2.35. The van der Waals surface area contributed by atoms with E-state index in [9.17, 15) is 9.59 Å². The predicted molar refractivity (Wildman–Crippen MR) is 108 cm³/mol. The maximum atomic E-state index is 12.2. The van der Waals surface area contributed by atoms with Crippen molar-refractivity contribution in [3.05, 3.63) is 64.7 Å². The number of carbonyl (C=O) groups excluding carboxylic acids is 2. The molecule has 0 aromatic heterocycles. The summed E-state index contributed by atoms with van der Waals surface area (Å²) in [5.74, 6) is 0.0616. The van der Waals surface area contributed by atoms with Gasteiger partial charge in [0.25, 0.3) is 5.91 Å². The standard InChI is InChI=1S/C22H25NO3S/c1-16-6-10-20(11-7-16)27-13-12-23-21(24)15-26-22(25)19-9-8-17-4-2-3-5-18(17)14-19/h6-11,14H,2-5,12-13,15H2,1H3,(H,23,24). The lowest BCUT2D eigenvalue weighted by Crippen LogP contribution is -2.30. The molecule has 1 amide bonds. The molecule has 0 atom stereocenters. The predicted octanol–water partition coefficient (Wildman–Crippen LogP) is 3.94. The first-order chi connectivity index (χ1) is 13.1. The molecule has 5 heteroatoms. The van der Waals surface area contributed by atoms with Crippen molar-refractivity contribution in [3.8, 4) is 0 Å². The second kappa shape index (κ2) is 9.60. The van der Waals surface area contributed by atoms with E-state index >= 15 is 0 Å². The monoisotopic (exact) mass is 383 g/mol. The molecule has 0 bridgehead atoms. The van der Waals surface area contributed by atoms with Gasteiger partial charge in [-0.15, -0.1) is 11.8 Å². The summed E-state index contributed by atoms with van der Waals surface area (Å²) in [5.41, 5.74) is 4.31. The van der Waals surface area contributed by atoms with E-state index in [1.807, 2.05) is 12.1 Å². The van der Waals surface area contributed by atoms with E-state index in [-0.39, 0.29) is 12.5 Å². The van der Waals surface area contributed by atoms with E-state index in [4.69, 9.17) is 4.74 Å². The lowest BCUT2D eigenvalue weighted by atomic mass is 9.90. The molecule has 4 nitrogen and oxygen atoms in total. The molecule has 0 saturated carbocycles. The highest BCUT2D eigenvalue weighted by Gasteiger charge is 2.14. The third-order valence-corrected chi connectivity index (χ3v) is 5.65. The quantitative estimate of drug-likeness (QED) is 0.447. The third kappa shape index (κ3) is 5.86. The summed E-state index contributed by atoms with van der Waals surface area (Å²) in [6.07, 6.45) is 4.46. The Labute approximate surface area is 164 Å². The number of hydrogen-bond acceptors (Lipinski definition) is 4. The van der Waals surface area contributed by atoms with Gasteiger partial charge >= 0.3 is 5.97 Å². The van der Waals surface area contributed by atoms with E-state index in [1.54, 1.807) is 17.8 Å². The largest absolute Gasteiger partial charge is 0.452 e. The fourth-order valence-electron chi connectivity index (χ4n) is 3.12. The highest BCUT2D eigenvalue weighted by Crippen LogP contribution is 2.22. The van der Waals surface area contributed by atoms with Crippen molar-refractivity contribution >= 4 is 23.6 Å². The molecule has 142 valence electrons. The molecular formula is C22H25NO3S. The SMILES string of the molecule is Cc1ccc(SCCNC(=O)COC(=O)c2ccc3c(c2)CCCC3)cc1. The van der Waals surface area contributed by atoms with Crippen LogP contribution >= 0.6 is 11.8 Å². The molecule has 0 spiro atoms. The van der Waals surface area contributed by atoms with Crippen LogP contribution in [0.4, 0.5) is 0 Å². The maximum absolute atomic E-state index is 12.2. The van der Waals surface area contributed by atoms with Gasteiger partial charge in [-0.2, -0.15) is 0 Å². The maximum Gasteiger partial charge on any atom is 0.338 e. The van der Waals surface area contributed by atoms with Gasteiger partial charge in [0, 0.05) is 17.2 Å². The van der Waals surface area contributed by atoms with Gasteiger partial charge in [0.2, 0.25) is 0 Å². The molecule has 0 aliphatic heterocycles. The van der Waals surface area contributed by atoms with Crippen LogP contribution in [0.3, 0.4) is 0 Å². The van der Waals surface area contributed by atoms with Crippen LogP contribution in [0.5, 0.6) is 0 Å². The van der Waals surface area contributed by atoms with Crippen LogP contribution in [0.2, 0.25) is 0 Å². The van der Waals surface area contributed by atoms with Gasteiger partial charge in [-0.05, 0) is 68.0 Å². The normalized spacial score (nSPS) is 12.9. The topological polar surface area (TPSA) is 55.4 Å². The van der Waals surface area contributed by atoms with Gasteiger partial charge in [0.1, 0.15) is 0 Å². The van der Waals surface area contributed by atoms with Gasteiger partial charge in [0.15, 0.2) is 6.61 Å². The summed E-state index contributed by atoms with van der Waals surface area (Å²) in [4.78, 5) is 25.2. The zero-order valence-electron chi connectivity index (χ0n) is 15.6. The average molecular weight is 384 g/mol. The summed E-state index contributed by atoms with van der Waals surface area (Å²) >= 11 is 1.68. The lowest BCUT2D eigenvalue weighted by molar-refractivity contribution is -0.124. The zero-order valence-corrected chi connectivity index (χ0v) is 16.4. The molecule has 2 aromatic rings. The molecule has 0 saturated heterocycles. The number of hydrogen-bond donors (Lipinski definition) is 1. The van der Waals surface area contributed by atoms with Gasteiger partial charge in [-0.25, -0.2) is 4.79 Å². The van der Waals surface area contributed by atoms with E-state index in [1.165, 1.54) is 28.0 Å². The van der Waals surface area contributed by atoms with Gasteiger partial charge in [-0.3, -0.25) is 4.79 Å². The summed E-state index contributed by atoms with van der Waals surface area (Å²) in [7, 11) is 0. The van der Waals surface area contributed by atoms with Crippen molar-refractivity contribution in [3.63, 3.8) is 0 Å². The Balaban J connectivity index is 1.37.